The lowest BCUT2D eigenvalue weighted by molar-refractivity contribution is -0.137. The smallest absolute Gasteiger partial charge is 0.416 e. The summed E-state index contributed by atoms with van der Waals surface area (Å²) < 4.78 is 43.2. The molecule has 2 aliphatic rings. The van der Waals surface area contributed by atoms with E-state index in [9.17, 15) is 23.1 Å². The third-order valence-electron chi connectivity index (χ3n) is 5.18. The zero-order valence-corrected chi connectivity index (χ0v) is 15.0. The molecule has 1 aromatic rings. The number of rotatable bonds is 7. The van der Waals surface area contributed by atoms with Crippen LogP contribution in [0.2, 0.25) is 0 Å². The van der Waals surface area contributed by atoms with Crippen LogP contribution in [0.5, 0.6) is 5.75 Å². The molecule has 27 heavy (non-hydrogen) atoms. The number of halogens is 3. The molecule has 1 amide bonds. The lowest BCUT2D eigenvalue weighted by atomic mass is 9.89. The molecule has 3 rings (SSSR count). The Bertz CT molecular complexity index is 641. The van der Waals surface area contributed by atoms with E-state index in [1.165, 1.54) is 25.0 Å². The third-order valence-corrected chi connectivity index (χ3v) is 5.18. The van der Waals surface area contributed by atoms with Crippen molar-refractivity contribution in [2.24, 2.45) is 5.92 Å². The van der Waals surface area contributed by atoms with Crippen LogP contribution in [0.15, 0.2) is 24.3 Å². The molecule has 5 nitrogen and oxygen atoms in total. The predicted molar refractivity (Wildman–Crippen MR) is 93.2 cm³/mol. The fourth-order valence-corrected chi connectivity index (χ4v) is 3.92. The highest BCUT2D eigenvalue weighted by molar-refractivity contribution is 5.76. The Morgan fingerprint density at radius 2 is 2.00 bits per heavy atom. The maximum absolute atomic E-state index is 12.7. The van der Waals surface area contributed by atoms with Crippen LogP contribution < -0.4 is 15.4 Å². The number of hydrogen-bond donors (Lipinski definition) is 3. The molecular weight excluding hydrogens is 361 g/mol. The van der Waals surface area contributed by atoms with Gasteiger partial charge in [0.1, 0.15) is 18.5 Å². The third kappa shape index (κ3) is 5.84. The first-order valence-corrected chi connectivity index (χ1v) is 9.30. The predicted octanol–water partition coefficient (Wildman–Crippen LogP) is 2.48. The fraction of sp³-hybridized carbons (Fsp3) is 0.632. The van der Waals surface area contributed by atoms with E-state index in [0.29, 0.717) is 24.4 Å². The monoisotopic (exact) mass is 386 g/mol. The van der Waals surface area contributed by atoms with E-state index in [0.717, 1.165) is 25.0 Å². The zero-order chi connectivity index (χ0) is 19.4. The summed E-state index contributed by atoms with van der Waals surface area (Å²) in [5, 5.41) is 16.1. The molecule has 2 heterocycles. The number of aliphatic hydroxyl groups is 1. The average Bonchev–Trinajstić information content (AvgIpc) is 2.96. The Hall–Kier alpha value is -1.80. The first-order valence-electron chi connectivity index (χ1n) is 9.30. The van der Waals surface area contributed by atoms with Gasteiger partial charge in [-0.1, -0.05) is 6.07 Å². The van der Waals surface area contributed by atoms with E-state index in [-0.39, 0.29) is 24.8 Å². The zero-order valence-electron chi connectivity index (χ0n) is 15.0. The van der Waals surface area contributed by atoms with Gasteiger partial charge in [0.15, 0.2) is 0 Å². The largest absolute Gasteiger partial charge is 0.491 e. The highest BCUT2D eigenvalue weighted by atomic mass is 19.4. The molecule has 2 fully saturated rings. The Kier molecular flexibility index (Phi) is 6.26. The van der Waals surface area contributed by atoms with E-state index in [2.05, 4.69) is 10.6 Å². The summed E-state index contributed by atoms with van der Waals surface area (Å²) in [5.41, 5.74) is -0.807. The lowest BCUT2D eigenvalue weighted by Gasteiger charge is -2.28. The standard InChI is InChI=1S/C19H25F3N2O3/c20-19(21,22)13-2-1-3-17(9-13)27-11-16(25)10-23-18(26)8-12-6-14-4-5-15(7-12)24-14/h1-3,9,12,14-16,24-25H,4-8,10-11H2,(H,23,26). The summed E-state index contributed by atoms with van der Waals surface area (Å²) in [6.07, 6.45) is -0.637. The number of aliphatic hydroxyl groups excluding tert-OH is 1. The topological polar surface area (TPSA) is 70.6 Å². The van der Waals surface area contributed by atoms with Crippen LogP contribution in [-0.4, -0.2) is 42.4 Å². The summed E-state index contributed by atoms with van der Waals surface area (Å²) in [6.45, 7) is -0.186. The van der Waals surface area contributed by atoms with E-state index >= 15 is 0 Å². The molecule has 2 bridgehead atoms. The van der Waals surface area contributed by atoms with Crippen LogP contribution in [-0.2, 0) is 11.0 Å². The molecule has 0 radical (unpaired) electrons. The molecule has 2 aliphatic heterocycles. The van der Waals surface area contributed by atoms with Crippen molar-refractivity contribution >= 4 is 5.91 Å². The van der Waals surface area contributed by atoms with E-state index in [1.807, 2.05) is 0 Å². The van der Waals surface area contributed by atoms with Gasteiger partial charge in [0, 0.05) is 25.0 Å². The number of carbonyl (C=O) groups is 1. The van der Waals surface area contributed by atoms with Crippen LogP contribution in [0, 0.1) is 5.92 Å². The molecule has 0 saturated carbocycles. The van der Waals surface area contributed by atoms with Crippen molar-refractivity contribution in [3.63, 3.8) is 0 Å². The second kappa shape index (κ2) is 8.48. The first-order chi connectivity index (χ1) is 12.8. The highest BCUT2D eigenvalue weighted by Gasteiger charge is 2.34. The number of benzene rings is 1. The van der Waals surface area contributed by atoms with Crippen LogP contribution in [0.1, 0.15) is 37.7 Å². The second-order valence-corrected chi connectivity index (χ2v) is 7.47. The minimum Gasteiger partial charge on any atom is -0.491 e. The van der Waals surface area contributed by atoms with Gasteiger partial charge in [0.25, 0.3) is 0 Å². The SMILES string of the molecule is O=C(CC1CC2CCC(C1)N2)NCC(O)COc1cccc(C(F)(F)F)c1. The molecule has 0 aliphatic carbocycles. The van der Waals surface area contributed by atoms with Gasteiger partial charge in [-0.25, -0.2) is 0 Å². The summed E-state index contributed by atoms with van der Waals surface area (Å²) in [5.74, 6) is 0.280. The summed E-state index contributed by atoms with van der Waals surface area (Å²) in [7, 11) is 0. The number of fused-ring (bicyclic) bond motifs is 2. The Balaban J connectivity index is 1.37. The molecule has 3 atom stereocenters. The molecule has 1 aromatic carbocycles. The molecule has 2 saturated heterocycles. The quantitative estimate of drug-likeness (QED) is 0.673. The van der Waals surface area contributed by atoms with Crippen LogP contribution in [0.4, 0.5) is 13.2 Å². The van der Waals surface area contributed by atoms with Crippen molar-refractivity contribution in [3.8, 4) is 5.75 Å². The molecule has 0 aromatic heterocycles. The van der Waals surface area contributed by atoms with Crippen LogP contribution in [0.25, 0.3) is 0 Å². The van der Waals surface area contributed by atoms with Crippen molar-refractivity contribution in [2.45, 2.75) is 56.5 Å². The number of piperidine rings is 1. The van der Waals surface area contributed by atoms with Gasteiger partial charge in [-0.05, 0) is 49.8 Å². The van der Waals surface area contributed by atoms with Gasteiger partial charge in [-0.15, -0.1) is 0 Å². The van der Waals surface area contributed by atoms with Crippen molar-refractivity contribution in [3.05, 3.63) is 29.8 Å². The van der Waals surface area contributed by atoms with E-state index in [1.54, 1.807) is 0 Å². The van der Waals surface area contributed by atoms with Gasteiger partial charge < -0.3 is 20.5 Å². The van der Waals surface area contributed by atoms with Crippen molar-refractivity contribution in [2.75, 3.05) is 13.2 Å². The molecule has 150 valence electrons. The number of nitrogens with one attached hydrogen (secondary N) is 2. The van der Waals surface area contributed by atoms with Crippen LogP contribution >= 0.6 is 0 Å². The van der Waals surface area contributed by atoms with Crippen molar-refractivity contribution in [1.82, 2.24) is 10.6 Å². The Labute approximate surface area is 156 Å². The Morgan fingerprint density at radius 1 is 1.30 bits per heavy atom. The van der Waals surface area contributed by atoms with Gasteiger partial charge in [-0.3, -0.25) is 4.79 Å². The van der Waals surface area contributed by atoms with E-state index < -0.39 is 17.8 Å². The summed E-state index contributed by atoms with van der Waals surface area (Å²) in [4.78, 5) is 12.1. The normalized spacial score (nSPS) is 25.9. The molecule has 3 N–H and O–H groups in total. The molecule has 8 heteroatoms. The molecular formula is C19H25F3N2O3. The number of ether oxygens (including phenoxy) is 1. The van der Waals surface area contributed by atoms with Crippen molar-refractivity contribution < 1.29 is 27.8 Å². The number of carbonyl (C=O) groups excluding carboxylic acids is 1. The first kappa shape index (κ1) is 19.9. The minimum absolute atomic E-state index is 0.00955. The van der Waals surface area contributed by atoms with Gasteiger partial charge in [0.05, 0.1) is 5.56 Å². The van der Waals surface area contributed by atoms with Gasteiger partial charge in [-0.2, -0.15) is 13.2 Å². The van der Waals surface area contributed by atoms with E-state index in [4.69, 9.17) is 4.74 Å². The van der Waals surface area contributed by atoms with Gasteiger partial charge >= 0.3 is 6.18 Å². The highest BCUT2D eigenvalue weighted by Crippen LogP contribution is 2.33. The fourth-order valence-electron chi connectivity index (χ4n) is 3.92. The number of alkyl halides is 3. The lowest BCUT2D eigenvalue weighted by Crippen LogP contribution is -2.41. The summed E-state index contributed by atoms with van der Waals surface area (Å²) in [6, 6.07) is 5.53. The van der Waals surface area contributed by atoms with Gasteiger partial charge in [0.2, 0.25) is 5.91 Å². The van der Waals surface area contributed by atoms with Crippen molar-refractivity contribution in [1.29, 1.82) is 0 Å². The number of amides is 1. The summed E-state index contributed by atoms with van der Waals surface area (Å²) >= 11 is 0. The molecule has 3 unspecified atom stereocenters. The molecule has 0 spiro atoms. The minimum atomic E-state index is -4.44. The Morgan fingerprint density at radius 3 is 2.67 bits per heavy atom. The number of hydrogen-bond acceptors (Lipinski definition) is 4. The average molecular weight is 386 g/mol. The second-order valence-electron chi connectivity index (χ2n) is 7.47. The van der Waals surface area contributed by atoms with Crippen LogP contribution in [0.3, 0.4) is 0 Å². The maximum atomic E-state index is 12.7. The maximum Gasteiger partial charge on any atom is 0.416 e.